The zero-order chi connectivity index (χ0) is 20.3. The third-order valence-electron chi connectivity index (χ3n) is 5.13. The van der Waals surface area contributed by atoms with E-state index in [4.69, 9.17) is 9.47 Å². The molecule has 2 aromatic heterocycles. The van der Waals surface area contributed by atoms with Gasteiger partial charge < -0.3 is 9.47 Å². The molecule has 0 amide bonds. The van der Waals surface area contributed by atoms with E-state index in [9.17, 15) is 13.2 Å². The Morgan fingerprint density at radius 3 is 2.57 bits per heavy atom. The van der Waals surface area contributed by atoms with Crippen molar-refractivity contribution in [2.45, 2.75) is 32.0 Å². The fraction of sp³-hybridized carbons (Fsp3) is 0.500. The Kier molecular flexibility index (Phi) is 6.07. The predicted molar refractivity (Wildman–Crippen MR) is 98.4 cm³/mol. The summed E-state index contributed by atoms with van der Waals surface area (Å²) in [5.74, 6) is 0.832. The second kappa shape index (κ2) is 8.34. The van der Waals surface area contributed by atoms with E-state index in [2.05, 4.69) is 21.8 Å². The van der Waals surface area contributed by atoms with E-state index in [1.165, 1.54) is 7.11 Å². The lowest BCUT2D eigenvalue weighted by Gasteiger charge is -2.24. The van der Waals surface area contributed by atoms with Crippen LogP contribution in [0.3, 0.4) is 0 Å². The first-order chi connectivity index (χ1) is 13.3. The molecule has 8 heteroatoms. The fourth-order valence-corrected chi connectivity index (χ4v) is 3.61. The largest absolute Gasteiger partial charge is 0.481 e. The van der Waals surface area contributed by atoms with Gasteiger partial charge in [-0.1, -0.05) is 6.07 Å². The molecule has 0 saturated carbocycles. The summed E-state index contributed by atoms with van der Waals surface area (Å²) >= 11 is 0. The van der Waals surface area contributed by atoms with Crippen molar-refractivity contribution in [1.29, 1.82) is 0 Å². The molecule has 3 heterocycles. The number of alkyl halides is 3. The number of pyridine rings is 2. The predicted octanol–water partition coefficient (Wildman–Crippen LogP) is 4.14. The van der Waals surface area contributed by atoms with Gasteiger partial charge in [0, 0.05) is 24.7 Å². The quantitative estimate of drug-likeness (QED) is 0.736. The number of hydrogen-bond donors (Lipinski definition) is 0. The van der Waals surface area contributed by atoms with Gasteiger partial charge in [0.15, 0.2) is 0 Å². The Morgan fingerprint density at radius 1 is 1.14 bits per heavy atom. The Balaban J connectivity index is 1.69. The highest BCUT2D eigenvalue weighted by atomic mass is 19.4. The molecule has 1 saturated heterocycles. The molecular formula is C20H24F3N3O2. The molecule has 0 aliphatic carbocycles. The molecule has 1 fully saturated rings. The van der Waals surface area contributed by atoms with Gasteiger partial charge >= 0.3 is 6.18 Å². The summed E-state index contributed by atoms with van der Waals surface area (Å²) in [6.45, 7) is 3.76. The molecule has 2 unspecified atom stereocenters. The number of nitrogens with zero attached hydrogens (tertiary/aromatic N) is 3. The minimum Gasteiger partial charge on any atom is -0.481 e. The molecule has 0 aromatic carbocycles. The monoisotopic (exact) mass is 395 g/mol. The fourth-order valence-electron chi connectivity index (χ4n) is 3.61. The van der Waals surface area contributed by atoms with Crippen LogP contribution in [0.2, 0.25) is 0 Å². The number of halogens is 3. The van der Waals surface area contributed by atoms with Gasteiger partial charge in [0.1, 0.15) is 5.69 Å². The molecule has 0 radical (unpaired) electrons. The van der Waals surface area contributed by atoms with E-state index in [0.29, 0.717) is 17.9 Å². The SMILES string of the molecule is COc1cccc(C(C)N2CCC(Cc3cc(OC)nc(C(F)(F)F)c3)C2)n1. The summed E-state index contributed by atoms with van der Waals surface area (Å²) in [5.41, 5.74) is 0.605. The van der Waals surface area contributed by atoms with Crippen LogP contribution < -0.4 is 9.47 Å². The van der Waals surface area contributed by atoms with E-state index in [-0.39, 0.29) is 17.8 Å². The van der Waals surface area contributed by atoms with Gasteiger partial charge in [-0.25, -0.2) is 9.97 Å². The van der Waals surface area contributed by atoms with Crippen LogP contribution in [0, 0.1) is 5.92 Å². The lowest BCUT2D eigenvalue weighted by molar-refractivity contribution is -0.141. The van der Waals surface area contributed by atoms with Gasteiger partial charge in [-0.15, -0.1) is 0 Å². The van der Waals surface area contributed by atoms with Crippen LogP contribution in [0.5, 0.6) is 11.8 Å². The molecule has 5 nitrogen and oxygen atoms in total. The minimum absolute atomic E-state index is 0.00590. The molecule has 0 N–H and O–H groups in total. The highest BCUT2D eigenvalue weighted by Crippen LogP contribution is 2.33. The topological polar surface area (TPSA) is 47.5 Å². The van der Waals surface area contributed by atoms with Crippen molar-refractivity contribution in [2.24, 2.45) is 5.92 Å². The highest BCUT2D eigenvalue weighted by molar-refractivity contribution is 5.27. The summed E-state index contributed by atoms with van der Waals surface area (Å²) in [5, 5.41) is 0. The van der Waals surface area contributed by atoms with Crippen LogP contribution >= 0.6 is 0 Å². The van der Waals surface area contributed by atoms with E-state index < -0.39 is 11.9 Å². The van der Waals surface area contributed by atoms with E-state index in [0.717, 1.165) is 31.3 Å². The molecule has 3 rings (SSSR count). The second-order valence-electron chi connectivity index (χ2n) is 7.04. The maximum absolute atomic E-state index is 13.1. The normalized spacial score (nSPS) is 18.9. The Labute approximate surface area is 162 Å². The summed E-state index contributed by atoms with van der Waals surface area (Å²) in [7, 11) is 2.91. The zero-order valence-electron chi connectivity index (χ0n) is 16.2. The van der Waals surface area contributed by atoms with Crippen LogP contribution in [-0.4, -0.2) is 42.2 Å². The molecular weight excluding hydrogens is 371 g/mol. The van der Waals surface area contributed by atoms with Crippen LogP contribution in [0.1, 0.15) is 36.3 Å². The first kappa shape index (κ1) is 20.4. The molecule has 2 aromatic rings. The van der Waals surface area contributed by atoms with Crippen molar-refractivity contribution >= 4 is 0 Å². The van der Waals surface area contributed by atoms with Gasteiger partial charge in [-0.2, -0.15) is 13.2 Å². The van der Waals surface area contributed by atoms with Crippen LogP contribution in [-0.2, 0) is 12.6 Å². The third-order valence-corrected chi connectivity index (χ3v) is 5.13. The molecule has 1 aliphatic rings. The van der Waals surface area contributed by atoms with Crippen molar-refractivity contribution in [1.82, 2.24) is 14.9 Å². The molecule has 0 spiro atoms. The van der Waals surface area contributed by atoms with Crippen molar-refractivity contribution in [3.63, 3.8) is 0 Å². The van der Waals surface area contributed by atoms with Crippen LogP contribution in [0.25, 0.3) is 0 Å². The van der Waals surface area contributed by atoms with Crippen molar-refractivity contribution in [3.8, 4) is 11.8 Å². The molecule has 28 heavy (non-hydrogen) atoms. The number of hydrogen-bond acceptors (Lipinski definition) is 5. The number of methoxy groups -OCH3 is 2. The van der Waals surface area contributed by atoms with Gasteiger partial charge in [0.2, 0.25) is 11.8 Å². The molecule has 0 bridgehead atoms. The minimum atomic E-state index is -4.49. The first-order valence-corrected chi connectivity index (χ1v) is 9.17. The van der Waals surface area contributed by atoms with Crippen molar-refractivity contribution in [2.75, 3.05) is 27.3 Å². The Morgan fingerprint density at radius 2 is 1.89 bits per heavy atom. The maximum atomic E-state index is 13.1. The van der Waals surface area contributed by atoms with Gasteiger partial charge in [-0.3, -0.25) is 4.90 Å². The molecule has 152 valence electrons. The van der Waals surface area contributed by atoms with Gasteiger partial charge in [0.25, 0.3) is 0 Å². The van der Waals surface area contributed by atoms with E-state index in [1.54, 1.807) is 19.2 Å². The zero-order valence-corrected chi connectivity index (χ0v) is 16.2. The number of likely N-dealkylation sites (tertiary alicyclic amines) is 1. The van der Waals surface area contributed by atoms with Gasteiger partial charge in [0.05, 0.1) is 19.9 Å². The number of ether oxygens (including phenoxy) is 2. The molecule has 2 atom stereocenters. The van der Waals surface area contributed by atoms with Crippen molar-refractivity contribution in [3.05, 3.63) is 47.3 Å². The lowest BCUT2D eigenvalue weighted by Crippen LogP contribution is -2.25. The number of aromatic nitrogens is 2. The summed E-state index contributed by atoms with van der Waals surface area (Å²) in [6, 6.07) is 8.50. The smallest absolute Gasteiger partial charge is 0.433 e. The van der Waals surface area contributed by atoms with Crippen LogP contribution in [0.15, 0.2) is 30.3 Å². The standard InChI is InChI=1S/C20H24F3N3O2/c1-13(16-5-4-6-18(24-16)27-2)26-8-7-14(12-26)9-15-10-17(20(21,22)23)25-19(11-15)28-3/h4-6,10-11,13-14H,7-9,12H2,1-3H3. The first-order valence-electron chi connectivity index (χ1n) is 9.17. The van der Waals surface area contributed by atoms with Crippen molar-refractivity contribution < 1.29 is 22.6 Å². The maximum Gasteiger partial charge on any atom is 0.433 e. The average molecular weight is 395 g/mol. The average Bonchev–Trinajstić information content (AvgIpc) is 3.14. The lowest BCUT2D eigenvalue weighted by atomic mass is 9.98. The summed E-state index contributed by atoms with van der Waals surface area (Å²) in [6.07, 6.45) is -3.02. The van der Waals surface area contributed by atoms with Crippen LogP contribution in [0.4, 0.5) is 13.2 Å². The summed E-state index contributed by atoms with van der Waals surface area (Å²) in [4.78, 5) is 10.3. The Bertz CT molecular complexity index is 814. The van der Waals surface area contributed by atoms with Gasteiger partial charge in [-0.05, 0) is 49.9 Å². The summed E-state index contributed by atoms with van der Waals surface area (Å²) < 4.78 is 49.4. The highest BCUT2D eigenvalue weighted by Gasteiger charge is 2.34. The number of rotatable bonds is 6. The second-order valence-corrected chi connectivity index (χ2v) is 7.04. The van der Waals surface area contributed by atoms with E-state index >= 15 is 0 Å². The third kappa shape index (κ3) is 4.73. The Hall–Kier alpha value is -2.35. The molecule has 1 aliphatic heterocycles. The van der Waals surface area contributed by atoms with E-state index in [1.807, 2.05) is 12.1 Å².